The highest BCUT2D eigenvalue weighted by Gasteiger charge is 2.34. The number of benzene rings is 2. The summed E-state index contributed by atoms with van der Waals surface area (Å²) in [5.74, 6) is -2.40. The van der Waals surface area contributed by atoms with E-state index in [9.17, 15) is 36.9 Å². The molecule has 154 valence electrons. The van der Waals surface area contributed by atoms with Gasteiger partial charge in [0.05, 0.1) is 10.5 Å². The molecule has 0 spiro atoms. The highest BCUT2D eigenvalue weighted by atomic mass is 19.4. The Labute approximate surface area is 161 Å². The molecule has 1 saturated heterocycles. The molecule has 0 saturated carbocycles. The van der Waals surface area contributed by atoms with Gasteiger partial charge in [-0.15, -0.1) is 0 Å². The van der Waals surface area contributed by atoms with Crippen molar-refractivity contribution >= 4 is 17.3 Å². The Morgan fingerprint density at radius 1 is 0.966 bits per heavy atom. The second-order valence-corrected chi connectivity index (χ2v) is 6.40. The largest absolute Gasteiger partial charge is 0.416 e. The number of nitrogens with zero attached hydrogens (tertiary/aromatic N) is 3. The highest BCUT2D eigenvalue weighted by molar-refractivity contribution is 5.94. The van der Waals surface area contributed by atoms with Crippen molar-refractivity contribution in [1.82, 2.24) is 4.90 Å². The lowest BCUT2D eigenvalue weighted by Crippen LogP contribution is -2.49. The van der Waals surface area contributed by atoms with E-state index in [4.69, 9.17) is 0 Å². The van der Waals surface area contributed by atoms with Crippen LogP contribution in [-0.2, 0) is 6.18 Å². The standard InChI is InChI=1S/C18H14F5N3O3/c19-13-7-11(8-14(20)10-13)17(27)25-5-3-24(4-6-25)15-2-1-12(18(21,22)23)9-16(15)26(28)29/h1-2,7-10H,3-6H2. The maximum absolute atomic E-state index is 13.3. The fourth-order valence-electron chi connectivity index (χ4n) is 3.12. The van der Waals surface area contributed by atoms with Crippen molar-refractivity contribution in [3.05, 3.63) is 69.3 Å². The van der Waals surface area contributed by atoms with E-state index >= 15 is 0 Å². The quantitative estimate of drug-likeness (QED) is 0.434. The molecule has 11 heteroatoms. The van der Waals surface area contributed by atoms with Gasteiger partial charge in [0, 0.05) is 43.9 Å². The molecule has 0 atom stereocenters. The first-order valence-electron chi connectivity index (χ1n) is 8.42. The molecule has 29 heavy (non-hydrogen) atoms. The molecule has 0 aliphatic carbocycles. The SMILES string of the molecule is O=C(c1cc(F)cc(F)c1)N1CCN(c2ccc(C(F)(F)F)cc2[N+](=O)[O-])CC1. The Bertz CT molecular complexity index is 936. The molecule has 6 nitrogen and oxygen atoms in total. The smallest absolute Gasteiger partial charge is 0.362 e. The predicted molar refractivity (Wildman–Crippen MR) is 92.6 cm³/mol. The van der Waals surface area contributed by atoms with Gasteiger partial charge in [-0.3, -0.25) is 14.9 Å². The first-order chi connectivity index (χ1) is 13.6. The maximum Gasteiger partial charge on any atom is 0.416 e. The number of nitro benzene ring substituents is 1. The zero-order valence-corrected chi connectivity index (χ0v) is 14.7. The molecule has 1 aliphatic heterocycles. The average molecular weight is 415 g/mol. The van der Waals surface area contributed by atoms with E-state index in [1.807, 2.05) is 0 Å². The van der Waals surface area contributed by atoms with Crippen molar-refractivity contribution in [2.45, 2.75) is 6.18 Å². The van der Waals surface area contributed by atoms with Gasteiger partial charge in [-0.25, -0.2) is 8.78 Å². The van der Waals surface area contributed by atoms with Crippen LogP contribution in [0.4, 0.5) is 33.3 Å². The van der Waals surface area contributed by atoms with Crippen LogP contribution in [0.25, 0.3) is 0 Å². The van der Waals surface area contributed by atoms with Crippen molar-refractivity contribution in [3.63, 3.8) is 0 Å². The van der Waals surface area contributed by atoms with Crippen LogP contribution < -0.4 is 4.90 Å². The summed E-state index contributed by atoms with van der Waals surface area (Å²) < 4.78 is 65.1. The molecular formula is C18H14F5N3O3. The highest BCUT2D eigenvalue weighted by Crippen LogP contribution is 2.36. The van der Waals surface area contributed by atoms with E-state index in [2.05, 4.69) is 0 Å². The molecule has 1 heterocycles. The second kappa shape index (κ2) is 7.64. The molecule has 0 aromatic heterocycles. The number of alkyl halides is 3. The lowest BCUT2D eigenvalue weighted by Gasteiger charge is -2.36. The first kappa shape index (κ1) is 20.5. The molecule has 1 aliphatic rings. The molecule has 2 aromatic carbocycles. The van der Waals surface area contributed by atoms with Gasteiger partial charge in [-0.1, -0.05) is 0 Å². The maximum atomic E-state index is 13.3. The molecule has 3 rings (SSSR count). The van der Waals surface area contributed by atoms with Gasteiger partial charge in [0.2, 0.25) is 0 Å². The van der Waals surface area contributed by atoms with E-state index < -0.39 is 39.9 Å². The van der Waals surface area contributed by atoms with Crippen LogP contribution in [0.2, 0.25) is 0 Å². The molecule has 0 N–H and O–H groups in total. The summed E-state index contributed by atoms with van der Waals surface area (Å²) in [6.45, 7) is 0.371. The van der Waals surface area contributed by atoms with Gasteiger partial charge >= 0.3 is 6.18 Å². The zero-order chi connectivity index (χ0) is 21.3. The van der Waals surface area contributed by atoms with Crippen molar-refractivity contribution in [3.8, 4) is 0 Å². The Hall–Kier alpha value is -3.24. The summed E-state index contributed by atoms with van der Waals surface area (Å²) in [7, 11) is 0. The number of carbonyl (C=O) groups excluding carboxylic acids is 1. The van der Waals surface area contributed by atoms with Crippen LogP contribution in [0.3, 0.4) is 0 Å². The van der Waals surface area contributed by atoms with Crippen LogP contribution in [0.1, 0.15) is 15.9 Å². The molecule has 0 unspecified atom stereocenters. The van der Waals surface area contributed by atoms with Gasteiger partial charge in [-0.05, 0) is 24.3 Å². The van der Waals surface area contributed by atoms with Gasteiger partial charge in [0.25, 0.3) is 11.6 Å². The van der Waals surface area contributed by atoms with E-state index in [1.165, 1.54) is 9.80 Å². The van der Waals surface area contributed by atoms with Gasteiger partial charge < -0.3 is 9.80 Å². The number of anilines is 1. The summed E-state index contributed by atoms with van der Waals surface area (Å²) in [4.78, 5) is 25.6. The van der Waals surface area contributed by atoms with Gasteiger partial charge in [-0.2, -0.15) is 13.2 Å². The van der Waals surface area contributed by atoms with E-state index in [0.717, 1.165) is 24.3 Å². The number of halogens is 5. The van der Waals surface area contributed by atoms with E-state index in [0.29, 0.717) is 12.1 Å². The van der Waals surface area contributed by atoms with E-state index in [-0.39, 0.29) is 37.4 Å². The number of piperazine rings is 1. The molecule has 2 aromatic rings. The van der Waals surface area contributed by atoms with Crippen LogP contribution in [0.5, 0.6) is 0 Å². The first-order valence-corrected chi connectivity index (χ1v) is 8.42. The molecule has 1 fully saturated rings. The monoisotopic (exact) mass is 415 g/mol. The van der Waals surface area contributed by atoms with Crippen molar-refractivity contribution < 1.29 is 31.7 Å². The molecular weight excluding hydrogens is 401 g/mol. The summed E-state index contributed by atoms with van der Waals surface area (Å²) in [5, 5.41) is 11.2. The van der Waals surface area contributed by atoms with E-state index in [1.54, 1.807) is 0 Å². The Kier molecular flexibility index (Phi) is 5.40. The van der Waals surface area contributed by atoms with Crippen LogP contribution in [0, 0.1) is 21.7 Å². The topological polar surface area (TPSA) is 66.7 Å². The third kappa shape index (κ3) is 4.44. The lowest BCUT2D eigenvalue weighted by molar-refractivity contribution is -0.384. The Balaban J connectivity index is 1.77. The number of rotatable bonds is 3. The average Bonchev–Trinajstić information content (AvgIpc) is 2.65. The fraction of sp³-hybridized carbons (Fsp3) is 0.278. The molecule has 0 radical (unpaired) electrons. The fourth-order valence-corrected chi connectivity index (χ4v) is 3.12. The van der Waals surface area contributed by atoms with Crippen molar-refractivity contribution in [2.24, 2.45) is 0 Å². The lowest BCUT2D eigenvalue weighted by atomic mass is 10.1. The van der Waals surface area contributed by atoms with Crippen molar-refractivity contribution in [2.75, 3.05) is 31.1 Å². The Morgan fingerprint density at radius 3 is 2.07 bits per heavy atom. The summed E-state index contributed by atoms with van der Waals surface area (Å²) in [6.07, 6.45) is -4.71. The van der Waals surface area contributed by atoms with Gasteiger partial charge in [0.15, 0.2) is 0 Å². The van der Waals surface area contributed by atoms with Crippen LogP contribution in [0.15, 0.2) is 36.4 Å². The normalized spacial score (nSPS) is 14.8. The Morgan fingerprint density at radius 2 is 1.55 bits per heavy atom. The minimum absolute atomic E-state index is 0.00639. The number of hydrogen-bond donors (Lipinski definition) is 0. The number of carbonyl (C=O) groups is 1. The summed E-state index contributed by atoms with van der Waals surface area (Å²) >= 11 is 0. The number of nitro groups is 1. The molecule has 1 amide bonds. The minimum Gasteiger partial charge on any atom is -0.362 e. The second-order valence-electron chi connectivity index (χ2n) is 6.40. The predicted octanol–water partition coefficient (Wildman–Crippen LogP) is 3.85. The number of amides is 1. The minimum atomic E-state index is -4.71. The zero-order valence-electron chi connectivity index (χ0n) is 14.7. The van der Waals surface area contributed by atoms with Crippen LogP contribution >= 0.6 is 0 Å². The summed E-state index contributed by atoms with van der Waals surface area (Å²) in [6, 6.07) is 4.70. The third-order valence-corrected chi connectivity index (χ3v) is 4.52. The molecule has 0 bridgehead atoms. The summed E-state index contributed by atoms with van der Waals surface area (Å²) in [5.41, 5.74) is -1.98. The third-order valence-electron chi connectivity index (χ3n) is 4.52. The number of hydrogen-bond acceptors (Lipinski definition) is 4. The van der Waals surface area contributed by atoms with Gasteiger partial charge in [0.1, 0.15) is 17.3 Å². The van der Waals surface area contributed by atoms with Crippen molar-refractivity contribution in [1.29, 1.82) is 0 Å². The van der Waals surface area contributed by atoms with Crippen LogP contribution in [-0.4, -0.2) is 41.9 Å².